The van der Waals surface area contributed by atoms with Crippen LogP contribution in [0.1, 0.15) is 43.7 Å². The van der Waals surface area contributed by atoms with Gasteiger partial charge in [-0.15, -0.1) is 0 Å². The van der Waals surface area contributed by atoms with Crippen LogP contribution in [0.4, 0.5) is 0 Å². The normalized spacial score (nSPS) is 16.6. The highest BCUT2D eigenvalue weighted by molar-refractivity contribution is 5.80. The van der Waals surface area contributed by atoms with Crippen LogP contribution >= 0.6 is 0 Å². The van der Waals surface area contributed by atoms with E-state index in [4.69, 9.17) is 0 Å². The highest BCUT2D eigenvalue weighted by atomic mass is 15.2. The molecule has 0 unspecified atom stereocenters. The largest absolute Gasteiger partial charge is 0.357 e. The monoisotopic (exact) mass is 259 g/mol. The summed E-state index contributed by atoms with van der Waals surface area (Å²) in [6, 6.07) is 9.15. The van der Waals surface area contributed by atoms with Gasteiger partial charge in [-0.05, 0) is 32.3 Å². The Balaban J connectivity index is 1.95. The summed E-state index contributed by atoms with van der Waals surface area (Å²) in [5, 5.41) is 6.87. The molecule has 0 amide bonds. The van der Waals surface area contributed by atoms with E-state index in [1.807, 2.05) is 0 Å². The van der Waals surface area contributed by atoms with Gasteiger partial charge in [0.05, 0.1) is 6.54 Å². The molecule has 0 bridgehead atoms. The number of aliphatic imine (C=N–C) groups is 1. The second kappa shape index (κ2) is 7.17. The zero-order chi connectivity index (χ0) is 13.5. The standard InChI is InChI=1S/C16H25N3/c1-3-17-16(19-15-9-4-5-10-15)18-12-14-8-6-7-13(2)11-14/h6-8,11,15H,3-5,9-10,12H2,1-2H3,(H2,17,18,19). The number of benzene rings is 1. The van der Waals surface area contributed by atoms with Crippen molar-refractivity contribution in [3.63, 3.8) is 0 Å². The molecule has 0 radical (unpaired) electrons. The van der Waals surface area contributed by atoms with Gasteiger partial charge in [0.1, 0.15) is 0 Å². The molecule has 0 heterocycles. The minimum atomic E-state index is 0.607. The molecule has 1 saturated carbocycles. The lowest BCUT2D eigenvalue weighted by atomic mass is 10.1. The first-order chi connectivity index (χ1) is 9.28. The van der Waals surface area contributed by atoms with Crippen LogP contribution in [0.15, 0.2) is 29.3 Å². The van der Waals surface area contributed by atoms with Crippen molar-refractivity contribution in [2.75, 3.05) is 6.54 Å². The summed E-state index contributed by atoms with van der Waals surface area (Å²) in [5.74, 6) is 0.955. The van der Waals surface area contributed by atoms with E-state index in [0.717, 1.165) is 19.0 Å². The third-order valence-electron chi connectivity index (χ3n) is 3.54. The summed E-state index contributed by atoms with van der Waals surface area (Å²) in [7, 11) is 0. The van der Waals surface area contributed by atoms with Crippen molar-refractivity contribution in [1.29, 1.82) is 0 Å². The van der Waals surface area contributed by atoms with Crippen LogP contribution in [-0.4, -0.2) is 18.5 Å². The molecule has 0 spiro atoms. The van der Waals surface area contributed by atoms with Gasteiger partial charge in [0.2, 0.25) is 0 Å². The quantitative estimate of drug-likeness (QED) is 0.644. The maximum atomic E-state index is 4.68. The van der Waals surface area contributed by atoms with Gasteiger partial charge in [-0.25, -0.2) is 4.99 Å². The summed E-state index contributed by atoms with van der Waals surface area (Å²) in [4.78, 5) is 4.68. The number of hydrogen-bond donors (Lipinski definition) is 2. The Morgan fingerprint density at radius 3 is 2.79 bits per heavy atom. The van der Waals surface area contributed by atoms with E-state index in [1.54, 1.807) is 0 Å². The lowest BCUT2D eigenvalue weighted by molar-refractivity contribution is 0.614. The van der Waals surface area contributed by atoms with Crippen molar-refractivity contribution in [3.8, 4) is 0 Å². The van der Waals surface area contributed by atoms with E-state index in [1.165, 1.54) is 36.8 Å². The summed E-state index contributed by atoms with van der Waals surface area (Å²) < 4.78 is 0. The van der Waals surface area contributed by atoms with E-state index in [2.05, 4.69) is 53.7 Å². The molecule has 0 aromatic heterocycles. The van der Waals surface area contributed by atoms with E-state index in [-0.39, 0.29) is 0 Å². The van der Waals surface area contributed by atoms with Crippen LogP contribution in [-0.2, 0) is 6.54 Å². The Morgan fingerprint density at radius 1 is 1.32 bits per heavy atom. The third kappa shape index (κ3) is 4.58. The zero-order valence-electron chi connectivity index (χ0n) is 12.1. The molecule has 1 aliphatic carbocycles. The molecule has 3 heteroatoms. The molecular formula is C16H25N3. The fourth-order valence-electron chi connectivity index (χ4n) is 2.56. The second-order valence-corrected chi connectivity index (χ2v) is 5.31. The van der Waals surface area contributed by atoms with Gasteiger partial charge < -0.3 is 10.6 Å². The van der Waals surface area contributed by atoms with Gasteiger partial charge in [0, 0.05) is 12.6 Å². The molecule has 3 nitrogen and oxygen atoms in total. The maximum Gasteiger partial charge on any atom is 0.191 e. The fourth-order valence-corrected chi connectivity index (χ4v) is 2.56. The first kappa shape index (κ1) is 13.9. The Kier molecular flexibility index (Phi) is 5.25. The number of guanidine groups is 1. The molecule has 0 aliphatic heterocycles. The topological polar surface area (TPSA) is 36.4 Å². The van der Waals surface area contributed by atoms with Gasteiger partial charge in [-0.2, -0.15) is 0 Å². The number of aryl methyl sites for hydroxylation is 1. The van der Waals surface area contributed by atoms with E-state index >= 15 is 0 Å². The van der Waals surface area contributed by atoms with Gasteiger partial charge in [-0.1, -0.05) is 42.7 Å². The van der Waals surface area contributed by atoms with Crippen molar-refractivity contribution in [2.24, 2.45) is 4.99 Å². The van der Waals surface area contributed by atoms with Crippen molar-refractivity contribution in [3.05, 3.63) is 35.4 Å². The van der Waals surface area contributed by atoms with Gasteiger partial charge >= 0.3 is 0 Å². The second-order valence-electron chi connectivity index (χ2n) is 5.31. The van der Waals surface area contributed by atoms with Crippen molar-refractivity contribution < 1.29 is 0 Å². The summed E-state index contributed by atoms with van der Waals surface area (Å²) in [6.45, 7) is 5.88. The first-order valence-electron chi connectivity index (χ1n) is 7.38. The minimum Gasteiger partial charge on any atom is -0.357 e. The van der Waals surface area contributed by atoms with Crippen molar-refractivity contribution in [2.45, 2.75) is 52.1 Å². The van der Waals surface area contributed by atoms with Gasteiger partial charge in [0.25, 0.3) is 0 Å². The SMILES string of the molecule is CCNC(=NCc1cccc(C)c1)NC1CCCC1. The molecule has 0 saturated heterocycles. The van der Waals surface area contributed by atoms with Crippen LogP contribution in [0.5, 0.6) is 0 Å². The van der Waals surface area contributed by atoms with Crippen molar-refractivity contribution in [1.82, 2.24) is 10.6 Å². The third-order valence-corrected chi connectivity index (χ3v) is 3.54. The number of hydrogen-bond acceptors (Lipinski definition) is 1. The molecule has 104 valence electrons. The minimum absolute atomic E-state index is 0.607. The first-order valence-corrected chi connectivity index (χ1v) is 7.38. The van der Waals surface area contributed by atoms with E-state index < -0.39 is 0 Å². The van der Waals surface area contributed by atoms with Crippen LogP contribution in [0.2, 0.25) is 0 Å². The van der Waals surface area contributed by atoms with Gasteiger partial charge in [-0.3, -0.25) is 0 Å². The summed E-state index contributed by atoms with van der Waals surface area (Å²) >= 11 is 0. The van der Waals surface area contributed by atoms with Crippen LogP contribution in [0.3, 0.4) is 0 Å². The molecule has 1 aromatic rings. The Bertz CT molecular complexity index is 420. The average Bonchev–Trinajstić information content (AvgIpc) is 2.89. The van der Waals surface area contributed by atoms with Crippen LogP contribution in [0, 0.1) is 6.92 Å². The molecule has 1 aromatic carbocycles. The maximum absolute atomic E-state index is 4.68. The van der Waals surface area contributed by atoms with Crippen LogP contribution < -0.4 is 10.6 Å². The lowest BCUT2D eigenvalue weighted by Crippen LogP contribution is -2.42. The highest BCUT2D eigenvalue weighted by Crippen LogP contribution is 2.17. The van der Waals surface area contributed by atoms with E-state index in [0.29, 0.717) is 6.04 Å². The van der Waals surface area contributed by atoms with Crippen molar-refractivity contribution >= 4 is 5.96 Å². The fraction of sp³-hybridized carbons (Fsp3) is 0.562. The van der Waals surface area contributed by atoms with Gasteiger partial charge in [0.15, 0.2) is 5.96 Å². The molecule has 1 fully saturated rings. The van der Waals surface area contributed by atoms with E-state index in [9.17, 15) is 0 Å². The van der Waals surface area contributed by atoms with Crippen LogP contribution in [0.25, 0.3) is 0 Å². The summed E-state index contributed by atoms with van der Waals surface area (Å²) in [5.41, 5.74) is 2.56. The molecule has 1 aliphatic rings. The number of nitrogens with zero attached hydrogens (tertiary/aromatic N) is 1. The molecular weight excluding hydrogens is 234 g/mol. The average molecular weight is 259 g/mol. The molecule has 0 atom stereocenters. The number of rotatable bonds is 4. The molecule has 19 heavy (non-hydrogen) atoms. The predicted molar refractivity (Wildman–Crippen MR) is 81.4 cm³/mol. The predicted octanol–water partition coefficient (Wildman–Crippen LogP) is 2.99. The zero-order valence-corrected chi connectivity index (χ0v) is 12.1. The Labute approximate surface area is 116 Å². The number of nitrogens with one attached hydrogen (secondary N) is 2. The lowest BCUT2D eigenvalue weighted by Gasteiger charge is -2.16. The smallest absolute Gasteiger partial charge is 0.191 e. The highest BCUT2D eigenvalue weighted by Gasteiger charge is 2.15. The summed E-state index contributed by atoms with van der Waals surface area (Å²) in [6.07, 6.45) is 5.23. The Morgan fingerprint density at radius 2 is 2.11 bits per heavy atom. The Hall–Kier alpha value is -1.51. The molecule has 2 N–H and O–H groups in total. The molecule has 2 rings (SSSR count).